The molecule has 1 fully saturated rings. The maximum atomic E-state index is 4.58. The van der Waals surface area contributed by atoms with Crippen molar-refractivity contribution in [3.63, 3.8) is 0 Å². The van der Waals surface area contributed by atoms with Crippen LogP contribution in [0, 0.1) is 0 Å². The Morgan fingerprint density at radius 2 is 1.86 bits per heavy atom. The van der Waals surface area contributed by atoms with Gasteiger partial charge in [0, 0.05) is 19.6 Å². The fraction of sp³-hybridized carbons (Fsp3) is 0.471. The van der Waals surface area contributed by atoms with Crippen LogP contribution in [-0.4, -0.2) is 34.8 Å². The third-order valence-corrected chi connectivity index (χ3v) is 3.99. The number of benzene rings is 1. The number of piperidine rings is 1. The molecule has 1 aliphatic heterocycles. The van der Waals surface area contributed by atoms with Gasteiger partial charge in [-0.25, -0.2) is 0 Å². The molecule has 0 radical (unpaired) electrons. The second-order valence-electron chi connectivity index (χ2n) is 5.70. The van der Waals surface area contributed by atoms with Gasteiger partial charge in [-0.3, -0.25) is 0 Å². The van der Waals surface area contributed by atoms with Crippen molar-refractivity contribution in [3.05, 3.63) is 42.1 Å². The first-order valence-corrected chi connectivity index (χ1v) is 8.14. The standard InChI is InChI=1S/C17H23N5/c1-3-8-15(9-4-1)10-7-11-18-17-20-16(14-19-21-17)22-12-5-2-6-13-22/h1,3-4,8-9,14H,2,5-7,10-13H2,(H,18,20,21). The summed E-state index contributed by atoms with van der Waals surface area (Å²) in [5.41, 5.74) is 1.37. The molecule has 5 heteroatoms. The molecule has 3 rings (SSSR count). The molecule has 1 N–H and O–H groups in total. The zero-order chi connectivity index (χ0) is 15.0. The number of rotatable bonds is 6. The molecule has 2 aromatic rings. The Morgan fingerprint density at radius 3 is 2.68 bits per heavy atom. The summed E-state index contributed by atoms with van der Waals surface area (Å²) in [6.45, 7) is 3.01. The highest BCUT2D eigenvalue weighted by atomic mass is 15.3. The van der Waals surface area contributed by atoms with Gasteiger partial charge in [0.1, 0.15) is 0 Å². The lowest BCUT2D eigenvalue weighted by Crippen LogP contribution is -2.30. The molecule has 0 saturated carbocycles. The molecule has 0 amide bonds. The summed E-state index contributed by atoms with van der Waals surface area (Å²) in [6.07, 6.45) is 7.68. The summed E-state index contributed by atoms with van der Waals surface area (Å²) in [5, 5.41) is 11.4. The van der Waals surface area contributed by atoms with E-state index in [4.69, 9.17) is 0 Å². The normalized spacial score (nSPS) is 14.8. The van der Waals surface area contributed by atoms with E-state index in [0.717, 1.165) is 38.3 Å². The van der Waals surface area contributed by atoms with Crippen molar-refractivity contribution in [3.8, 4) is 0 Å². The first-order valence-electron chi connectivity index (χ1n) is 8.14. The Kier molecular flexibility index (Phi) is 5.18. The number of hydrogen-bond donors (Lipinski definition) is 1. The minimum Gasteiger partial charge on any atom is -0.355 e. The van der Waals surface area contributed by atoms with Crippen LogP contribution in [0.15, 0.2) is 36.5 Å². The molecule has 1 saturated heterocycles. The molecule has 2 heterocycles. The van der Waals surface area contributed by atoms with Gasteiger partial charge in [-0.05, 0) is 37.7 Å². The van der Waals surface area contributed by atoms with Crippen molar-refractivity contribution in [1.29, 1.82) is 0 Å². The monoisotopic (exact) mass is 297 g/mol. The minimum absolute atomic E-state index is 0.635. The highest BCUT2D eigenvalue weighted by Crippen LogP contribution is 2.17. The molecule has 22 heavy (non-hydrogen) atoms. The van der Waals surface area contributed by atoms with Crippen LogP contribution in [0.25, 0.3) is 0 Å². The fourth-order valence-electron chi connectivity index (χ4n) is 2.78. The van der Waals surface area contributed by atoms with Crippen molar-refractivity contribution in [1.82, 2.24) is 15.2 Å². The minimum atomic E-state index is 0.635. The highest BCUT2D eigenvalue weighted by molar-refractivity contribution is 5.40. The zero-order valence-electron chi connectivity index (χ0n) is 12.9. The van der Waals surface area contributed by atoms with Crippen LogP contribution >= 0.6 is 0 Å². The average molecular weight is 297 g/mol. The Balaban J connectivity index is 1.48. The molecule has 0 aliphatic carbocycles. The number of anilines is 2. The topological polar surface area (TPSA) is 53.9 Å². The Hall–Kier alpha value is -2.17. The van der Waals surface area contributed by atoms with Crippen molar-refractivity contribution in [2.24, 2.45) is 0 Å². The Morgan fingerprint density at radius 1 is 1.05 bits per heavy atom. The number of nitrogens with one attached hydrogen (secondary N) is 1. The molecule has 5 nitrogen and oxygen atoms in total. The van der Waals surface area contributed by atoms with Crippen LogP contribution in [0.2, 0.25) is 0 Å². The van der Waals surface area contributed by atoms with Gasteiger partial charge in [0.25, 0.3) is 0 Å². The van der Waals surface area contributed by atoms with Gasteiger partial charge >= 0.3 is 0 Å². The lowest BCUT2D eigenvalue weighted by molar-refractivity contribution is 0.572. The van der Waals surface area contributed by atoms with Crippen molar-refractivity contribution in [2.75, 3.05) is 29.9 Å². The first kappa shape index (κ1) is 14.8. The van der Waals surface area contributed by atoms with E-state index in [0.29, 0.717) is 5.95 Å². The summed E-state index contributed by atoms with van der Waals surface area (Å²) < 4.78 is 0. The zero-order valence-corrected chi connectivity index (χ0v) is 12.9. The van der Waals surface area contributed by atoms with Gasteiger partial charge in [-0.15, -0.1) is 5.10 Å². The van der Waals surface area contributed by atoms with Gasteiger partial charge in [0.15, 0.2) is 5.82 Å². The molecule has 116 valence electrons. The molecular formula is C17H23N5. The Labute approximate surface area is 131 Å². The van der Waals surface area contributed by atoms with Crippen LogP contribution in [0.3, 0.4) is 0 Å². The number of aromatic nitrogens is 3. The maximum absolute atomic E-state index is 4.58. The first-order chi connectivity index (χ1) is 10.9. The van der Waals surface area contributed by atoms with Crippen molar-refractivity contribution >= 4 is 11.8 Å². The molecule has 0 bridgehead atoms. The van der Waals surface area contributed by atoms with Gasteiger partial charge in [-0.2, -0.15) is 10.1 Å². The van der Waals surface area contributed by atoms with Crippen LogP contribution < -0.4 is 10.2 Å². The summed E-state index contributed by atoms with van der Waals surface area (Å²) in [4.78, 5) is 6.88. The summed E-state index contributed by atoms with van der Waals surface area (Å²) in [7, 11) is 0. The molecule has 0 unspecified atom stereocenters. The van der Waals surface area contributed by atoms with E-state index in [9.17, 15) is 0 Å². The Bertz CT molecular complexity index is 566. The average Bonchev–Trinajstić information content (AvgIpc) is 2.61. The molecular weight excluding hydrogens is 274 g/mol. The van der Waals surface area contributed by atoms with Gasteiger partial charge < -0.3 is 10.2 Å². The maximum Gasteiger partial charge on any atom is 0.244 e. The predicted molar refractivity (Wildman–Crippen MR) is 89.1 cm³/mol. The molecule has 1 aromatic heterocycles. The van der Waals surface area contributed by atoms with E-state index in [2.05, 4.69) is 49.7 Å². The van der Waals surface area contributed by atoms with Gasteiger partial charge in [0.2, 0.25) is 5.95 Å². The highest BCUT2D eigenvalue weighted by Gasteiger charge is 2.13. The van der Waals surface area contributed by atoms with Crippen LogP contribution in [-0.2, 0) is 6.42 Å². The summed E-state index contributed by atoms with van der Waals surface area (Å²) in [5.74, 6) is 1.58. The third-order valence-electron chi connectivity index (χ3n) is 3.99. The smallest absolute Gasteiger partial charge is 0.244 e. The van der Waals surface area contributed by atoms with E-state index >= 15 is 0 Å². The quantitative estimate of drug-likeness (QED) is 0.831. The SMILES string of the molecule is c1ccc(CCCNc2nncc(N3CCCCC3)n2)cc1. The summed E-state index contributed by atoms with van der Waals surface area (Å²) in [6, 6.07) is 10.5. The number of aryl methyl sites for hydroxylation is 1. The van der Waals surface area contributed by atoms with E-state index < -0.39 is 0 Å². The largest absolute Gasteiger partial charge is 0.355 e. The third kappa shape index (κ3) is 4.16. The lowest BCUT2D eigenvalue weighted by atomic mass is 10.1. The van der Waals surface area contributed by atoms with Crippen molar-refractivity contribution in [2.45, 2.75) is 32.1 Å². The fourth-order valence-corrected chi connectivity index (χ4v) is 2.78. The van der Waals surface area contributed by atoms with E-state index in [1.807, 2.05) is 6.07 Å². The summed E-state index contributed by atoms with van der Waals surface area (Å²) >= 11 is 0. The molecule has 1 aromatic carbocycles. The van der Waals surface area contributed by atoms with E-state index in [1.165, 1.54) is 24.8 Å². The van der Waals surface area contributed by atoms with Gasteiger partial charge in [-0.1, -0.05) is 30.3 Å². The van der Waals surface area contributed by atoms with Crippen LogP contribution in [0.5, 0.6) is 0 Å². The van der Waals surface area contributed by atoms with Crippen molar-refractivity contribution < 1.29 is 0 Å². The second kappa shape index (κ2) is 7.73. The second-order valence-corrected chi connectivity index (χ2v) is 5.70. The molecule has 1 aliphatic rings. The number of hydrogen-bond acceptors (Lipinski definition) is 5. The lowest BCUT2D eigenvalue weighted by Gasteiger charge is -2.27. The van der Waals surface area contributed by atoms with E-state index in [-0.39, 0.29) is 0 Å². The number of nitrogens with zero attached hydrogens (tertiary/aromatic N) is 4. The predicted octanol–water partition coefficient (Wildman–Crippen LogP) is 2.91. The molecule has 0 spiro atoms. The van der Waals surface area contributed by atoms with Crippen LogP contribution in [0.1, 0.15) is 31.2 Å². The van der Waals surface area contributed by atoms with Crippen LogP contribution in [0.4, 0.5) is 11.8 Å². The molecule has 0 atom stereocenters. The van der Waals surface area contributed by atoms with Gasteiger partial charge in [0.05, 0.1) is 6.20 Å². The van der Waals surface area contributed by atoms with E-state index in [1.54, 1.807) is 6.20 Å².